The first-order valence-corrected chi connectivity index (χ1v) is 10.7. The van der Waals surface area contributed by atoms with Crippen molar-refractivity contribution in [2.75, 3.05) is 0 Å². The molecule has 1 fully saturated rings. The quantitative estimate of drug-likeness (QED) is 0.628. The summed E-state index contributed by atoms with van der Waals surface area (Å²) in [7, 11) is 0. The van der Waals surface area contributed by atoms with Gasteiger partial charge >= 0.3 is 12.3 Å². The molecule has 0 radical (unpaired) electrons. The second kappa shape index (κ2) is 8.81. The van der Waals surface area contributed by atoms with Gasteiger partial charge in [-0.05, 0) is 45.4 Å². The van der Waals surface area contributed by atoms with Crippen LogP contribution in [-0.2, 0) is 22.6 Å². The molecule has 1 amide bonds. The summed E-state index contributed by atoms with van der Waals surface area (Å²) in [6.45, 7) is 5.26. The van der Waals surface area contributed by atoms with Crippen molar-refractivity contribution in [3.05, 3.63) is 52.9 Å². The third-order valence-electron chi connectivity index (χ3n) is 5.80. The Labute approximate surface area is 192 Å². The summed E-state index contributed by atoms with van der Waals surface area (Å²) in [4.78, 5) is 14.1. The van der Waals surface area contributed by atoms with Crippen LogP contribution in [0.25, 0.3) is 0 Å². The van der Waals surface area contributed by atoms with Crippen LogP contribution in [-0.4, -0.2) is 51.2 Å². The fourth-order valence-electron chi connectivity index (χ4n) is 4.43. The standard InChI is InChI=1S/C22H25F5N4O3/c1-21(2,3)34-20(32)29-15-7-17(31-9-11-8-28-30-16(11)10-31)19(22(25,26)27)33-18(15)13-6-12(23)4-5-14(13)24/h4-6,8,15,17-19H,7,9-10H2,1-3H3,(H,28,30)(H,29,32)/t15-,17-,18+,19+/m0/s1. The van der Waals surface area contributed by atoms with Crippen LogP contribution in [0.4, 0.5) is 26.7 Å². The number of halogens is 5. The van der Waals surface area contributed by atoms with Crippen molar-refractivity contribution >= 4 is 6.09 Å². The number of ether oxygens (including phenoxy) is 2. The Morgan fingerprint density at radius 3 is 2.62 bits per heavy atom. The highest BCUT2D eigenvalue weighted by molar-refractivity contribution is 5.68. The summed E-state index contributed by atoms with van der Waals surface area (Å²) in [5.74, 6) is -1.78. The lowest BCUT2D eigenvalue weighted by atomic mass is 9.88. The Balaban J connectivity index is 1.68. The Morgan fingerprint density at radius 2 is 1.97 bits per heavy atom. The normalized spacial score (nSPS) is 25.8. The maximum Gasteiger partial charge on any atom is 0.416 e. The van der Waals surface area contributed by atoms with Crippen LogP contribution in [0.3, 0.4) is 0 Å². The number of H-pyrrole nitrogens is 1. The smallest absolute Gasteiger partial charge is 0.416 e. The van der Waals surface area contributed by atoms with Crippen LogP contribution in [0.1, 0.15) is 50.1 Å². The molecule has 0 unspecified atom stereocenters. The first kappa shape index (κ1) is 24.4. The molecule has 2 aromatic rings. The molecule has 1 aromatic heterocycles. The SMILES string of the molecule is CC(C)(C)OC(=O)N[C@H]1C[C@H](N2Cc3cn[nH]c3C2)[C@H](C(F)(F)F)O[C@@H]1c1cc(F)ccc1F. The number of hydrogen-bond donors (Lipinski definition) is 2. The van der Waals surface area contributed by atoms with Gasteiger partial charge in [0.2, 0.25) is 0 Å². The number of rotatable bonds is 3. The zero-order chi connectivity index (χ0) is 24.8. The molecule has 2 aliphatic rings. The molecular weight excluding hydrogens is 463 g/mol. The minimum absolute atomic E-state index is 0.175. The Hall–Kier alpha value is -2.73. The Kier molecular flexibility index (Phi) is 6.32. The summed E-state index contributed by atoms with van der Waals surface area (Å²) < 4.78 is 81.6. The third kappa shape index (κ3) is 5.17. The molecule has 7 nitrogen and oxygen atoms in total. The molecule has 3 heterocycles. The van der Waals surface area contributed by atoms with Gasteiger partial charge in [-0.1, -0.05) is 0 Å². The molecule has 0 spiro atoms. The molecule has 186 valence electrons. The van der Waals surface area contributed by atoms with E-state index in [1.807, 2.05) is 0 Å². The molecule has 0 saturated carbocycles. The van der Waals surface area contributed by atoms with Gasteiger partial charge in [-0.15, -0.1) is 0 Å². The van der Waals surface area contributed by atoms with Gasteiger partial charge < -0.3 is 14.8 Å². The largest absolute Gasteiger partial charge is 0.444 e. The van der Waals surface area contributed by atoms with E-state index in [-0.39, 0.29) is 19.5 Å². The van der Waals surface area contributed by atoms with Crippen LogP contribution in [0, 0.1) is 11.6 Å². The molecule has 2 N–H and O–H groups in total. The van der Waals surface area contributed by atoms with Crippen LogP contribution in [0.2, 0.25) is 0 Å². The number of benzene rings is 1. The average Bonchev–Trinajstić information content (AvgIpc) is 3.29. The second-order valence-corrected chi connectivity index (χ2v) is 9.52. The topological polar surface area (TPSA) is 79.5 Å². The molecule has 34 heavy (non-hydrogen) atoms. The van der Waals surface area contributed by atoms with Crippen LogP contribution in [0.5, 0.6) is 0 Å². The van der Waals surface area contributed by atoms with E-state index in [2.05, 4.69) is 15.5 Å². The minimum atomic E-state index is -4.79. The predicted octanol–water partition coefficient (Wildman–Crippen LogP) is 4.36. The van der Waals surface area contributed by atoms with Crippen molar-refractivity contribution in [1.29, 1.82) is 0 Å². The molecule has 1 aromatic carbocycles. The van der Waals surface area contributed by atoms with Gasteiger partial charge in [-0.3, -0.25) is 10.00 Å². The zero-order valence-corrected chi connectivity index (χ0v) is 18.7. The summed E-state index contributed by atoms with van der Waals surface area (Å²) in [6, 6.07) is 0.130. The zero-order valence-electron chi connectivity index (χ0n) is 18.7. The lowest BCUT2D eigenvalue weighted by Crippen LogP contribution is -2.59. The van der Waals surface area contributed by atoms with E-state index < -0.39 is 59.4 Å². The van der Waals surface area contributed by atoms with E-state index in [1.54, 1.807) is 31.9 Å². The summed E-state index contributed by atoms with van der Waals surface area (Å²) in [5, 5.41) is 9.18. The number of carbonyl (C=O) groups excluding carboxylic acids is 1. The number of nitrogens with one attached hydrogen (secondary N) is 2. The summed E-state index contributed by atoms with van der Waals surface area (Å²) >= 11 is 0. The van der Waals surface area contributed by atoms with E-state index in [4.69, 9.17) is 9.47 Å². The number of carbonyl (C=O) groups is 1. The van der Waals surface area contributed by atoms with Gasteiger partial charge in [0.15, 0.2) is 6.10 Å². The Bertz CT molecular complexity index is 1030. The highest BCUT2D eigenvalue weighted by atomic mass is 19.4. The maximum absolute atomic E-state index is 14.6. The van der Waals surface area contributed by atoms with Crippen LogP contribution < -0.4 is 5.32 Å². The molecule has 0 aliphatic carbocycles. The van der Waals surface area contributed by atoms with Crippen LogP contribution >= 0.6 is 0 Å². The van der Waals surface area contributed by atoms with E-state index in [0.717, 1.165) is 23.8 Å². The number of alkyl halides is 3. The van der Waals surface area contributed by atoms with Crippen molar-refractivity contribution in [3.63, 3.8) is 0 Å². The van der Waals surface area contributed by atoms with Gasteiger partial charge in [0.05, 0.1) is 17.9 Å². The first-order chi connectivity index (χ1) is 15.8. The number of fused-ring (bicyclic) bond motifs is 1. The molecule has 4 atom stereocenters. The van der Waals surface area contributed by atoms with E-state index >= 15 is 0 Å². The molecule has 12 heteroatoms. The molecular formula is C22H25F5N4O3. The average molecular weight is 488 g/mol. The fourth-order valence-corrected chi connectivity index (χ4v) is 4.43. The van der Waals surface area contributed by atoms with Crippen molar-refractivity contribution in [2.24, 2.45) is 0 Å². The molecule has 0 bridgehead atoms. The lowest BCUT2D eigenvalue weighted by molar-refractivity contribution is -0.270. The molecule has 1 saturated heterocycles. The van der Waals surface area contributed by atoms with E-state index in [1.165, 1.54) is 0 Å². The maximum atomic E-state index is 14.6. The second-order valence-electron chi connectivity index (χ2n) is 9.52. The van der Waals surface area contributed by atoms with Crippen molar-refractivity contribution < 1.29 is 36.2 Å². The van der Waals surface area contributed by atoms with Crippen molar-refractivity contribution in [3.8, 4) is 0 Å². The highest BCUT2D eigenvalue weighted by Crippen LogP contribution is 2.43. The van der Waals surface area contributed by atoms with E-state index in [9.17, 15) is 26.7 Å². The van der Waals surface area contributed by atoms with E-state index in [0.29, 0.717) is 5.69 Å². The van der Waals surface area contributed by atoms with Crippen molar-refractivity contribution in [1.82, 2.24) is 20.4 Å². The van der Waals surface area contributed by atoms with Gasteiger partial charge in [0.25, 0.3) is 0 Å². The van der Waals surface area contributed by atoms with Gasteiger partial charge in [0.1, 0.15) is 23.3 Å². The summed E-state index contributed by atoms with van der Waals surface area (Å²) in [5.41, 5.74) is 0.161. The third-order valence-corrected chi connectivity index (χ3v) is 5.80. The number of aromatic amines is 1. The lowest BCUT2D eigenvalue weighted by Gasteiger charge is -2.45. The fraction of sp³-hybridized carbons (Fsp3) is 0.545. The molecule has 4 rings (SSSR count). The monoisotopic (exact) mass is 488 g/mol. The molecule has 2 aliphatic heterocycles. The number of alkyl carbamates (subject to hydrolysis) is 1. The predicted molar refractivity (Wildman–Crippen MR) is 109 cm³/mol. The van der Waals surface area contributed by atoms with Gasteiger partial charge in [0, 0.05) is 30.3 Å². The number of hydrogen-bond acceptors (Lipinski definition) is 5. The highest BCUT2D eigenvalue weighted by Gasteiger charge is 2.55. The summed E-state index contributed by atoms with van der Waals surface area (Å²) in [6.07, 6.45) is -8.27. The number of aromatic nitrogens is 2. The van der Waals surface area contributed by atoms with Gasteiger partial charge in [-0.25, -0.2) is 13.6 Å². The Morgan fingerprint density at radius 1 is 1.24 bits per heavy atom. The first-order valence-electron chi connectivity index (χ1n) is 10.7. The van der Waals surface area contributed by atoms with Crippen molar-refractivity contribution in [2.45, 2.75) is 76.4 Å². The number of nitrogens with zero attached hydrogens (tertiary/aromatic N) is 2. The number of amides is 1. The minimum Gasteiger partial charge on any atom is -0.444 e. The van der Waals surface area contributed by atoms with Gasteiger partial charge in [-0.2, -0.15) is 18.3 Å². The van der Waals surface area contributed by atoms with Crippen LogP contribution in [0.15, 0.2) is 24.4 Å².